The predicted octanol–water partition coefficient (Wildman–Crippen LogP) is 3.39. The molecule has 6 heteroatoms. The van der Waals surface area contributed by atoms with Gasteiger partial charge < -0.3 is 10.1 Å². The van der Waals surface area contributed by atoms with Crippen molar-refractivity contribution in [1.29, 1.82) is 0 Å². The molecule has 3 aromatic rings. The fourth-order valence-electron chi connectivity index (χ4n) is 2.08. The molecule has 0 radical (unpaired) electrons. The Hall–Kier alpha value is -2.73. The number of aliphatic hydroxyl groups excluding tert-OH is 1. The number of fused-ring (bicyclic) bond motifs is 1. The summed E-state index contributed by atoms with van der Waals surface area (Å²) in [7, 11) is 0. The van der Waals surface area contributed by atoms with E-state index in [-0.39, 0.29) is 6.61 Å². The molecular formula is C16H17N5O. The van der Waals surface area contributed by atoms with Crippen molar-refractivity contribution in [2.24, 2.45) is 10.3 Å². The highest BCUT2D eigenvalue weighted by atomic mass is 16.3. The summed E-state index contributed by atoms with van der Waals surface area (Å²) >= 11 is 0. The molecule has 0 fully saturated rings. The lowest BCUT2D eigenvalue weighted by Gasteiger charge is -2.00. The summed E-state index contributed by atoms with van der Waals surface area (Å²) in [6, 6.07) is 15.8. The minimum atomic E-state index is 0.130. The summed E-state index contributed by atoms with van der Waals surface area (Å²) in [6.07, 6.45) is 0.621. The van der Waals surface area contributed by atoms with Crippen LogP contribution in [0.2, 0.25) is 0 Å². The highest BCUT2D eigenvalue weighted by Gasteiger charge is 2.04. The van der Waals surface area contributed by atoms with E-state index < -0.39 is 0 Å². The van der Waals surface area contributed by atoms with Crippen LogP contribution >= 0.6 is 0 Å². The van der Waals surface area contributed by atoms with Crippen LogP contribution in [-0.2, 0) is 0 Å². The number of nitrogens with zero attached hydrogens (tertiary/aromatic N) is 3. The SMILES string of the molecule is OCCCN=NNc1ccc(-c2nc3ccccc3[nH]2)cc1. The van der Waals surface area contributed by atoms with Crippen LogP contribution < -0.4 is 5.43 Å². The van der Waals surface area contributed by atoms with Gasteiger partial charge in [-0.15, -0.1) is 0 Å². The predicted molar refractivity (Wildman–Crippen MR) is 86.6 cm³/mol. The van der Waals surface area contributed by atoms with Gasteiger partial charge in [0.15, 0.2) is 0 Å². The fraction of sp³-hybridized carbons (Fsp3) is 0.188. The quantitative estimate of drug-likeness (QED) is 0.370. The molecule has 0 aliphatic heterocycles. The van der Waals surface area contributed by atoms with Gasteiger partial charge in [0.05, 0.1) is 23.3 Å². The third-order valence-electron chi connectivity index (χ3n) is 3.21. The van der Waals surface area contributed by atoms with Gasteiger partial charge in [-0.25, -0.2) is 4.98 Å². The smallest absolute Gasteiger partial charge is 0.138 e. The van der Waals surface area contributed by atoms with Crippen LogP contribution in [0.1, 0.15) is 6.42 Å². The van der Waals surface area contributed by atoms with E-state index in [0.717, 1.165) is 28.1 Å². The van der Waals surface area contributed by atoms with Gasteiger partial charge in [0, 0.05) is 12.2 Å². The number of aromatic nitrogens is 2. The van der Waals surface area contributed by atoms with Crippen molar-refractivity contribution < 1.29 is 5.11 Å². The Labute approximate surface area is 127 Å². The number of hydrogen-bond donors (Lipinski definition) is 3. The van der Waals surface area contributed by atoms with Gasteiger partial charge in [-0.3, -0.25) is 5.43 Å². The summed E-state index contributed by atoms with van der Waals surface area (Å²) in [5.74, 6) is 0.845. The number of hydrogen-bond acceptors (Lipinski definition) is 4. The third-order valence-corrected chi connectivity index (χ3v) is 3.21. The number of nitrogens with one attached hydrogen (secondary N) is 2. The highest BCUT2D eigenvalue weighted by Crippen LogP contribution is 2.21. The first kappa shape index (κ1) is 14.2. The van der Waals surface area contributed by atoms with E-state index in [2.05, 4.69) is 25.7 Å². The second-order valence-electron chi connectivity index (χ2n) is 4.83. The lowest BCUT2D eigenvalue weighted by molar-refractivity contribution is 0.290. The molecule has 2 aromatic carbocycles. The third kappa shape index (κ3) is 3.29. The Kier molecular flexibility index (Phi) is 4.41. The minimum Gasteiger partial charge on any atom is -0.396 e. The highest BCUT2D eigenvalue weighted by molar-refractivity contribution is 5.79. The minimum absolute atomic E-state index is 0.130. The second kappa shape index (κ2) is 6.82. The van der Waals surface area contributed by atoms with E-state index in [4.69, 9.17) is 5.11 Å². The Morgan fingerprint density at radius 3 is 2.68 bits per heavy atom. The van der Waals surface area contributed by atoms with Gasteiger partial charge in [0.1, 0.15) is 5.82 Å². The molecule has 1 aromatic heterocycles. The molecule has 1 heterocycles. The summed E-state index contributed by atoms with van der Waals surface area (Å²) in [4.78, 5) is 7.87. The number of rotatable bonds is 6. The first-order valence-corrected chi connectivity index (χ1v) is 7.15. The standard InChI is InChI=1S/C16H17N5O/c22-11-3-10-17-21-20-13-8-6-12(7-9-13)16-18-14-4-1-2-5-15(14)19-16/h1-2,4-9,22H,3,10-11H2,(H,17,20)(H,18,19). The number of imidazole rings is 1. The van der Waals surface area contributed by atoms with Crippen LogP contribution in [0.3, 0.4) is 0 Å². The maximum atomic E-state index is 8.64. The zero-order chi connectivity index (χ0) is 15.2. The van der Waals surface area contributed by atoms with E-state index in [9.17, 15) is 0 Å². The van der Waals surface area contributed by atoms with E-state index in [0.29, 0.717) is 13.0 Å². The van der Waals surface area contributed by atoms with Crippen molar-refractivity contribution in [2.75, 3.05) is 18.6 Å². The number of aromatic amines is 1. The van der Waals surface area contributed by atoms with E-state index in [1.807, 2.05) is 48.5 Å². The number of para-hydroxylation sites is 2. The second-order valence-corrected chi connectivity index (χ2v) is 4.83. The fourth-order valence-corrected chi connectivity index (χ4v) is 2.08. The largest absolute Gasteiger partial charge is 0.396 e. The average molecular weight is 295 g/mol. The van der Waals surface area contributed by atoms with Gasteiger partial charge in [-0.2, -0.15) is 5.11 Å². The van der Waals surface area contributed by atoms with Gasteiger partial charge in [0.25, 0.3) is 0 Å². The first-order chi connectivity index (χ1) is 10.9. The molecule has 0 saturated carbocycles. The molecule has 0 unspecified atom stereocenters. The zero-order valence-corrected chi connectivity index (χ0v) is 12.0. The number of H-pyrrole nitrogens is 1. The van der Waals surface area contributed by atoms with Crippen LogP contribution in [0, 0.1) is 0 Å². The lowest BCUT2D eigenvalue weighted by Crippen LogP contribution is -1.90. The topological polar surface area (TPSA) is 85.7 Å². The van der Waals surface area contributed by atoms with Crippen LogP contribution in [0.5, 0.6) is 0 Å². The average Bonchev–Trinajstić information content (AvgIpc) is 2.99. The normalized spacial score (nSPS) is 11.3. The first-order valence-electron chi connectivity index (χ1n) is 7.15. The van der Waals surface area contributed by atoms with Crippen molar-refractivity contribution in [1.82, 2.24) is 9.97 Å². The Bertz CT molecular complexity index is 731. The Morgan fingerprint density at radius 2 is 1.91 bits per heavy atom. The number of anilines is 1. The molecule has 0 aliphatic rings. The van der Waals surface area contributed by atoms with Crippen molar-refractivity contribution in [3.63, 3.8) is 0 Å². The molecule has 0 saturated heterocycles. The van der Waals surface area contributed by atoms with E-state index >= 15 is 0 Å². The summed E-state index contributed by atoms with van der Waals surface area (Å²) in [5, 5.41) is 16.4. The van der Waals surface area contributed by atoms with Crippen LogP contribution in [0.15, 0.2) is 58.9 Å². The zero-order valence-electron chi connectivity index (χ0n) is 12.0. The summed E-state index contributed by atoms with van der Waals surface area (Å²) in [6.45, 7) is 0.645. The molecule has 0 atom stereocenters. The molecule has 22 heavy (non-hydrogen) atoms. The molecule has 3 N–H and O–H groups in total. The molecule has 3 rings (SSSR count). The number of benzene rings is 2. The molecule has 0 spiro atoms. The molecule has 6 nitrogen and oxygen atoms in total. The summed E-state index contributed by atoms with van der Waals surface area (Å²) in [5.41, 5.74) is 6.70. The van der Waals surface area contributed by atoms with Crippen LogP contribution in [0.4, 0.5) is 5.69 Å². The monoisotopic (exact) mass is 295 g/mol. The Balaban J connectivity index is 1.69. The van der Waals surface area contributed by atoms with Gasteiger partial charge >= 0.3 is 0 Å². The molecule has 0 amide bonds. The van der Waals surface area contributed by atoms with E-state index in [1.165, 1.54) is 0 Å². The lowest BCUT2D eigenvalue weighted by atomic mass is 10.2. The molecule has 112 valence electrons. The van der Waals surface area contributed by atoms with Crippen molar-refractivity contribution in [2.45, 2.75) is 6.42 Å². The van der Waals surface area contributed by atoms with Crippen LogP contribution in [0.25, 0.3) is 22.4 Å². The van der Waals surface area contributed by atoms with E-state index in [1.54, 1.807) is 0 Å². The molecule has 0 bridgehead atoms. The van der Waals surface area contributed by atoms with Crippen molar-refractivity contribution in [3.05, 3.63) is 48.5 Å². The maximum absolute atomic E-state index is 8.64. The maximum Gasteiger partial charge on any atom is 0.138 e. The van der Waals surface area contributed by atoms with Crippen LogP contribution in [-0.4, -0.2) is 28.2 Å². The van der Waals surface area contributed by atoms with Gasteiger partial charge in [0.2, 0.25) is 0 Å². The summed E-state index contributed by atoms with van der Waals surface area (Å²) < 4.78 is 0. The molecular weight excluding hydrogens is 278 g/mol. The molecule has 0 aliphatic carbocycles. The van der Waals surface area contributed by atoms with Gasteiger partial charge in [-0.1, -0.05) is 17.4 Å². The van der Waals surface area contributed by atoms with Gasteiger partial charge in [-0.05, 0) is 42.8 Å². The van der Waals surface area contributed by atoms with Crippen molar-refractivity contribution >= 4 is 16.7 Å². The van der Waals surface area contributed by atoms with Crippen molar-refractivity contribution in [3.8, 4) is 11.4 Å². The number of aliphatic hydroxyl groups is 1. The Morgan fingerprint density at radius 1 is 1.09 bits per heavy atom.